The van der Waals surface area contributed by atoms with Crippen LogP contribution >= 0.6 is 0 Å². The van der Waals surface area contributed by atoms with Crippen molar-refractivity contribution in [2.75, 3.05) is 19.5 Å². The van der Waals surface area contributed by atoms with Gasteiger partial charge in [-0.3, -0.25) is 4.79 Å². The third-order valence-corrected chi connectivity index (χ3v) is 6.38. The number of aromatic nitrogens is 1. The number of carbonyl (C=O) groups excluding carboxylic acids is 1. The van der Waals surface area contributed by atoms with Gasteiger partial charge < -0.3 is 24.4 Å². The average Bonchev–Trinajstić information content (AvgIpc) is 3.17. The standard InChI is InChI=1S/C25H24N2O5/c1-13-22-23(14-8-9-20(30-2)21(12-14)31-3)24-17(26-25(22)32-27-13)10-15(11-19(24)29)16-6-4-5-7-18(16)28/h4-9,12,15,23,26,28H,10-11H2,1-3H3/t15-,23-/m1/s1. The average molecular weight is 432 g/mol. The Kier molecular flexibility index (Phi) is 4.89. The van der Waals surface area contributed by atoms with Gasteiger partial charge in [-0.1, -0.05) is 29.4 Å². The number of ketones is 1. The van der Waals surface area contributed by atoms with E-state index in [9.17, 15) is 9.90 Å². The van der Waals surface area contributed by atoms with Gasteiger partial charge in [0.2, 0.25) is 5.88 Å². The van der Waals surface area contributed by atoms with Gasteiger partial charge in [-0.05, 0) is 42.7 Å². The molecule has 0 spiro atoms. The number of ether oxygens (including phenoxy) is 2. The van der Waals surface area contributed by atoms with Crippen molar-refractivity contribution in [2.24, 2.45) is 0 Å². The summed E-state index contributed by atoms with van der Waals surface area (Å²) < 4.78 is 16.5. The van der Waals surface area contributed by atoms with Crippen LogP contribution in [0.3, 0.4) is 0 Å². The number of aryl methyl sites for hydroxylation is 1. The number of para-hydroxylation sites is 1. The number of allylic oxidation sites excluding steroid dienone is 2. The highest BCUT2D eigenvalue weighted by Gasteiger charge is 2.41. The predicted molar refractivity (Wildman–Crippen MR) is 118 cm³/mol. The molecule has 1 aliphatic heterocycles. The molecule has 2 aliphatic rings. The summed E-state index contributed by atoms with van der Waals surface area (Å²) in [7, 11) is 3.18. The van der Waals surface area contributed by atoms with Crippen LogP contribution in [0.1, 0.15) is 47.1 Å². The van der Waals surface area contributed by atoms with E-state index < -0.39 is 0 Å². The van der Waals surface area contributed by atoms with Crippen LogP contribution in [0.5, 0.6) is 17.2 Å². The zero-order chi connectivity index (χ0) is 22.4. The molecule has 0 saturated heterocycles. The summed E-state index contributed by atoms with van der Waals surface area (Å²) in [5, 5.41) is 17.8. The third-order valence-electron chi connectivity index (χ3n) is 6.38. The molecule has 0 bridgehead atoms. The van der Waals surface area contributed by atoms with Crippen LogP contribution in [0.25, 0.3) is 0 Å². The van der Waals surface area contributed by atoms with Gasteiger partial charge >= 0.3 is 0 Å². The van der Waals surface area contributed by atoms with Crippen LogP contribution in [-0.4, -0.2) is 30.3 Å². The van der Waals surface area contributed by atoms with Gasteiger partial charge in [0.1, 0.15) is 5.75 Å². The van der Waals surface area contributed by atoms with Gasteiger partial charge in [0.25, 0.3) is 0 Å². The van der Waals surface area contributed by atoms with Gasteiger partial charge in [-0.15, -0.1) is 0 Å². The lowest BCUT2D eigenvalue weighted by Crippen LogP contribution is -2.29. The van der Waals surface area contributed by atoms with Crippen molar-refractivity contribution >= 4 is 11.7 Å². The molecule has 5 rings (SSSR count). The van der Waals surface area contributed by atoms with Crippen molar-refractivity contribution in [3.05, 3.63) is 76.1 Å². The van der Waals surface area contributed by atoms with E-state index in [0.717, 1.165) is 28.1 Å². The number of rotatable bonds is 4. The number of aromatic hydroxyl groups is 1. The quantitative estimate of drug-likeness (QED) is 0.619. The number of fused-ring (bicyclic) bond motifs is 1. The minimum Gasteiger partial charge on any atom is -0.508 e. The molecular formula is C25H24N2O5. The summed E-state index contributed by atoms with van der Waals surface area (Å²) in [6.45, 7) is 1.88. The molecule has 164 valence electrons. The van der Waals surface area contributed by atoms with E-state index in [1.807, 2.05) is 37.3 Å². The van der Waals surface area contributed by atoms with E-state index in [4.69, 9.17) is 14.0 Å². The Morgan fingerprint density at radius 2 is 1.88 bits per heavy atom. The highest BCUT2D eigenvalue weighted by atomic mass is 16.5. The Labute approximate surface area is 185 Å². The monoisotopic (exact) mass is 432 g/mol. The van der Waals surface area contributed by atoms with Gasteiger partial charge in [-0.25, -0.2) is 0 Å². The topological polar surface area (TPSA) is 93.8 Å². The van der Waals surface area contributed by atoms with Gasteiger partial charge in [-0.2, -0.15) is 0 Å². The first-order valence-electron chi connectivity index (χ1n) is 10.5. The van der Waals surface area contributed by atoms with Crippen LogP contribution < -0.4 is 14.8 Å². The molecule has 7 heteroatoms. The van der Waals surface area contributed by atoms with E-state index in [0.29, 0.717) is 35.8 Å². The molecule has 1 aliphatic carbocycles. The summed E-state index contributed by atoms with van der Waals surface area (Å²) in [5.74, 6) is 1.56. The summed E-state index contributed by atoms with van der Waals surface area (Å²) in [5.41, 5.74) is 4.77. The lowest BCUT2D eigenvalue weighted by molar-refractivity contribution is -0.116. The summed E-state index contributed by atoms with van der Waals surface area (Å²) >= 11 is 0. The van der Waals surface area contributed by atoms with Crippen LogP contribution in [0, 0.1) is 6.92 Å². The SMILES string of the molecule is COc1ccc([C@H]2C3=C(C[C@@H](c4ccccc4O)CC3=O)Nc3onc(C)c32)cc1OC. The molecule has 0 fully saturated rings. The molecule has 0 radical (unpaired) electrons. The Hall–Kier alpha value is -3.74. The lowest BCUT2D eigenvalue weighted by Gasteiger charge is -2.34. The smallest absolute Gasteiger partial charge is 0.233 e. The number of nitrogens with zero attached hydrogens (tertiary/aromatic N) is 1. The van der Waals surface area contributed by atoms with Crippen LogP contribution in [0.2, 0.25) is 0 Å². The number of anilines is 1. The summed E-state index contributed by atoms with van der Waals surface area (Å²) in [4.78, 5) is 13.5. The number of Topliss-reactive ketones (excluding diaryl/α,β-unsaturated/α-hetero) is 1. The second-order valence-electron chi connectivity index (χ2n) is 8.16. The number of benzene rings is 2. The third kappa shape index (κ3) is 3.12. The van der Waals surface area contributed by atoms with Crippen LogP contribution in [-0.2, 0) is 4.79 Å². The molecule has 2 heterocycles. The molecule has 2 aromatic carbocycles. The fourth-order valence-electron chi connectivity index (χ4n) is 4.89. The van der Waals surface area contributed by atoms with Gasteiger partial charge in [0.15, 0.2) is 17.3 Å². The predicted octanol–water partition coefficient (Wildman–Crippen LogP) is 4.66. The number of phenolic OH excluding ortho intramolecular Hbond substituents is 1. The zero-order valence-corrected chi connectivity index (χ0v) is 18.1. The van der Waals surface area contributed by atoms with Crippen molar-refractivity contribution in [1.29, 1.82) is 0 Å². The Morgan fingerprint density at radius 1 is 1.09 bits per heavy atom. The fourth-order valence-corrected chi connectivity index (χ4v) is 4.89. The van der Waals surface area contributed by atoms with Crippen molar-refractivity contribution in [3.63, 3.8) is 0 Å². The highest BCUT2D eigenvalue weighted by molar-refractivity contribution is 6.01. The number of hydrogen-bond acceptors (Lipinski definition) is 7. The number of hydrogen-bond donors (Lipinski definition) is 2. The zero-order valence-electron chi connectivity index (χ0n) is 18.1. The maximum Gasteiger partial charge on any atom is 0.233 e. The van der Waals surface area contributed by atoms with E-state index in [2.05, 4.69) is 10.5 Å². The van der Waals surface area contributed by atoms with Crippen LogP contribution in [0.15, 0.2) is 58.3 Å². The first-order chi connectivity index (χ1) is 15.5. The van der Waals surface area contributed by atoms with Crippen molar-refractivity contribution in [3.8, 4) is 17.2 Å². The Morgan fingerprint density at radius 3 is 2.62 bits per heavy atom. The fraction of sp³-hybridized carbons (Fsp3) is 0.280. The molecule has 32 heavy (non-hydrogen) atoms. The van der Waals surface area contributed by atoms with Gasteiger partial charge in [0, 0.05) is 29.5 Å². The molecule has 2 atom stereocenters. The van der Waals surface area contributed by atoms with Crippen molar-refractivity contribution in [2.45, 2.75) is 31.6 Å². The molecule has 2 N–H and O–H groups in total. The second kappa shape index (κ2) is 7.75. The highest BCUT2D eigenvalue weighted by Crippen LogP contribution is 2.50. The summed E-state index contributed by atoms with van der Waals surface area (Å²) in [6.07, 6.45) is 0.906. The molecule has 0 unspecified atom stereocenters. The number of carbonyl (C=O) groups is 1. The Bertz CT molecular complexity index is 1240. The van der Waals surface area contributed by atoms with E-state index in [1.54, 1.807) is 26.4 Å². The lowest BCUT2D eigenvalue weighted by atomic mass is 9.72. The molecule has 1 aromatic heterocycles. The molecule has 7 nitrogen and oxygen atoms in total. The molecule has 0 amide bonds. The van der Waals surface area contributed by atoms with E-state index in [-0.39, 0.29) is 23.4 Å². The second-order valence-corrected chi connectivity index (χ2v) is 8.16. The molecule has 0 saturated carbocycles. The normalized spacial score (nSPS) is 19.8. The van der Waals surface area contributed by atoms with Crippen LogP contribution in [0.4, 0.5) is 5.88 Å². The largest absolute Gasteiger partial charge is 0.508 e. The van der Waals surface area contributed by atoms with E-state index >= 15 is 0 Å². The maximum atomic E-state index is 13.5. The minimum atomic E-state index is -0.329. The van der Waals surface area contributed by atoms with Gasteiger partial charge in [0.05, 0.1) is 25.5 Å². The number of methoxy groups -OCH3 is 2. The number of nitrogens with one attached hydrogen (secondary N) is 1. The minimum absolute atomic E-state index is 0.0398. The first kappa shape index (κ1) is 20.2. The number of phenols is 1. The first-order valence-corrected chi connectivity index (χ1v) is 10.5. The van der Waals surface area contributed by atoms with E-state index in [1.165, 1.54) is 0 Å². The van der Waals surface area contributed by atoms with Crippen molar-refractivity contribution < 1.29 is 23.9 Å². The molecule has 3 aromatic rings. The maximum absolute atomic E-state index is 13.5. The van der Waals surface area contributed by atoms with Crippen molar-refractivity contribution in [1.82, 2.24) is 5.16 Å². The molecular weight excluding hydrogens is 408 g/mol. The summed E-state index contributed by atoms with van der Waals surface area (Å²) in [6, 6.07) is 12.9. The Balaban J connectivity index is 1.64.